The van der Waals surface area contributed by atoms with Gasteiger partial charge in [0.2, 0.25) is 0 Å². The summed E-state index contributed by atoms with van der Waals surface area (Å²) < 4.78 is 29.9. The number of primary amides is 1. The highest BCUT2D eigenvalue weighted by Crippen LogP contribution is 2.34. The van der Waals surface area contributed by atoms with Gasteiger partial charge < -0.3 is 10.5 Å². The highest BCUT2D eigenvalue weighted by atomic mass is 35.5. The molecule has 0 spiro atoms. The summed E-state index contributed by atoms with van der Waals surface area (Å²) in [4.78, 5) is 14.4. The lowest BCUT2D eigenvalue weighted by atomic mass is 10.1. The van der Waals surface area contributed by atoms with Crippen LogP contribution in [-0.4, -0.2) is 18.0 Å². The average molecular weight is 237 g/mol. The molecular weight excluding hydrogens is 230 g/mol. The van der Waals surface area contributed by atoms with E-state index in [1.54, 1.807) is 0 Å². The van der Waals surface area contributed by atoms with E-state index in [1.807, 2.05) is 0 Å². The fourth-order valence-corrected chi connectivity index (χ4v) is 1.34. The molecule has 0 saturated carbocycles. The second-order valence-electron chi connectivity index (χ2n) is 2.57. The molecule has 0 saturated heterocycles. The molecular formula is C8H7ClF2N2O2. The van der Waals surface area contributed by atoms with E-state index in [9.17, 15) is 13.6 Å². The zero-order valence-corrected chi connectivity index (χ0v) is 8.39. The Kier molecular flexibility index (Phi) is 3.41. The molecule has 82 valence electrons. The number of pyridine rings is 1. The van der Waals surface area contributed by atoms with Gasteiger partial charge in [-0.15, -0.1) is 0 Å². The maximum atomic E-state index is 12.6. The van der Waals surface area contributed by atoms with Crippen molar-refractivity contribution in [3.05, 3.63) is 22.5 Å². The second kappa shape index (κ2) is 4.39. The Bertz CT molecular complexity index is 398. The number of nitrogens with two attached hydrogens (primary N) is 1. The quantitative estimate of drug-likeness (QED) is 0.814. The van der Waals surface area contributed by atoms with Crippen LogP contribution in [0.4, 0.5) is 8.78 Å². The number of halogens is 3. The normalized spacial score (nSPS) is 10.5. The maximum Gasteiger partial charge on any atom is 0.268 e. The molecule has 0 aromatic carbocycles. The maximum absolute atomic E-state index is 12.6. The molecule has 0 fully saturated rings. The summed E-state index contributed by atoms with van der Waals surface area (Å²) in [6, 6.07) is 0. The first-order valence-electron chi connectivity index (χ1n) is 3.79. The number of methoxy groups -OCH3 is 1. The van der Waals surface area contributed by atoms with Crippen LogP contribution < -0.4 is 10.5 Å². The smallest absolute Gasteiger partial charge is 0.268 e. The Morgan fingerprint density at radius 2 is 2.27 bits per heavy atom. The SMILES string of the molecule is COc1cnc(Cl)c(C(N)=O)c1C(F)F. The monoisotopic (exact) mass is 236 g/mol. The Hall–Kier alpha value is -1.43. The third kappa shape index (κ3) is 2.15. The molecule has 0 radical (unpaired) electrons. The lowest BCUT2D eigenvalue weighted by Gasteiger charge is -2.11. The number of nitrogens with zero attached hydrogens (tertiary/aromatic N) is 1. The van der Waals surface area contributed by atoms with Gasteiger partial charge in [0, 0.05) is 0 Å². The molecule has 1 aromatic rings. The summed E-state index contributed by atoms with van der Waals surface area (Å²) in [7, 11) is 1.18. The minimum atomic E-state index is -2.91. The summed E-state index contributed by atoms with van der Waals surface area (Å²) in [6.45, 7) is 0. The average Bonchev–Trinajstić information content (AvgIpc) is 2.16. The summed E-state index contributed by atoms with van der Waals surface area (Å²) in [5, 5.41) is -0.362. The van der Waals surface area contributed by atoms with Crippen molar-refractivity contribution in [3.63, 3.8) is 0 Å². The van der Waals surface area contributed by atoms with Crippen molar-refractivity contribution in [1.29, 1.82) is 0 Å². The number of aromatic nitrogens is 1. The van der Waals surface area contributed by atoms with Gasteiger partial charge in [0.05, 0.1) is 24.4 Å². The molecule has 0 aliphatic heterocycles. The standard InChI is InChI=1S/C8H7ClF2N2O2/c1-15-3-2-13-6(9)5(8(12)14)4(3)7(10)11/h2,7H,1H3,(H2,12,14). The summed E-state index contributed by atoms with van der Waals surface area (Å²) in [5.41, 5.74) is 3.78. The van der Waals surface area contributed by atoms with Crippen LogP contribution in [0.2, 0.25) is 5.15 Å². The predicted octanol–water partition coefficient (Wildman–Crippen LogP) is 1.78. The van der Waals surface area contributed by atoms with Crippen LogP contribution in [0.1, 0.15) is 22.3 Å². The van der Waals surface area contributed by atoms with Crippen LogP contribution in [0.3, 0.4) is 0 Å². The Labute approximate surface area is 89.0 Å². The van der Waals surface area contributed by atoms with Gasteiger partial charge in [-0.25, -0.2) is 13.8 Å². The zero-order chi connectivity index (χ0) is 11.6. The van der Waals surface area contributed by atoms with Crippen LogP contribution in [0, 0.1) is 0 Å². The Balaban J connectivity index is 3.51. The highest BCUT2D eigenvalue weighted by molar-refractivity contribution is 6.32. The number of rotatable bonds is 3. The first kappa shape index (κ1) is 11.6. The molecule has 1 heterocycles. The van der Waals surface area contributed by atoms with Crippen LogP contribution in [0.15, 0.2) is 6.20 Å². The minimum Gasteiger partial charge on any atom is -0.495 e. The fourth-order valence-electron chi connectivity index (χ4n) is 1.10. The number of alkyl halides is 2. The first-order chi connectivity index (χ1) is 6.99. The van der Waals surface area contributed by atoms with Gasteiger partial charge in [-0.1, -0.05) is 11.6 Å². The van der Waals surface area contributed by atoms with E-state index < -0.39 is 23.5 Å². The van der Waals surface area contributed by atoms with E-state index >= 15 is 0 Å². The largest absolute Gasteiger partial charge is 0.495 e. The van der Waals surface area contributed by atoms with Crippen molar-refractivity contribution in [2.75, 3.05) is 7.11 Å². The molecule has 1 amide bonds. The number of carbonyl (C=O) groups excluding carboxylic acids is 1. The van der Waals surface area contributed by atoms with Gasteiger partial charge >= 0.3 is 0 Å². The van der Waals surface area contributed by atoms with Gasteiger partial charge in [-0.3, -0.25) is 4.79 Å². The topological polar surface area (TPSA) is 65.2 Å². The molecule has 0 aliphatic rings. The molecule has 2 N–H and O–H groups in total. The molecule has 1 rings (SSSR count). The summed E-state index contributed by atoms with van der Waals surface area (Å²) >= 11 is 5.50. The van der Waals surface area contributed by atoms with Crippen molar-refractivity contribution < 1.29 is 18.3 Å². The minimum absolute atomic E-state index is 0.219. The molecule has 0 unspecified atom stereocenters. The number of amides is 1. The zero-order valence-electron chi connectivity index (χ0n) is 7.63. The van der Waals surface area contributed by atoms with Crippen LogP contribution >= 0.6 is 11.6 Å². The predicted molar refractivity (Wildman–Crippen MR) is 49.3 cm³/mol. The van der Waals surface area contributed by atoms with Crippen LogP contribution in [0.5, 0.6) is 5.75 Å². The summed E-state index contributed by atoms with van der Waals surface area (Å²) in [6.07, 6.45) is -1.90. The van der Waals surface area contributed by atoms with E-state index in [1.165, 1.54) is 7.11 Å². The Morgan fingerprint density at radius 1 is 1.67 bits per heavy atom. The van der Waals surface area contributed by atoms with Gasteiger partial charge in [-0.2, -0.15) is 0 Å². The van der Waals surface area contributed by atoms with Crippen LogP contribution in [-0.2, 0) is 0 Å². The van der Waals surface area contributed by atoms with E-state index in [0.717, 1.165) is 6.20 Å². The van der Waals surface area contributed by atoms with Crippen molar-refractivity contribution in [2.24, 2.45) is 5.73 Å². The van der Waals surface area contributed by atoms with Gasteiger partial charge in [-0.05, 0) is 0 Å². The molecule has 0 aliphatic carbocycles. The number of carbonyl (C=O) groups is 1. The lowest BCUT2D eigenvalue weighted by Crippen LogP contribution is -2.16. The third-order valence-electron chi connectivity index (χ3n) is 1.72. The van der Waals surface area contributed by atoms with Crippen molar-refractivity contribution in [2.45, 2.75) is 6.43 Å². The highest BCUT2D eigenvalue weighted by Gasteiger charge is 2.25. The van der Waals surface area contributed by atoms with Gasteiger partial charge in [0.25, 0.3) is 12.3 Å². The van der Waals surface area contributed by atoms with Crippen molar-refractivity contribution >= 4 is 17.5 Å². The Morgan fingerprint density at radius 3 is 2.67 bits per heavy atom. The molecule has 1 aromatic heterocycles. The lowest BCUT2D eigenvalue weighted by molar-refractivity contribution is 0.0983. The van der Waals surface area contributed by atoms with Crippen molar-refractivity contribution in [1.82, 2.24) is 4.98 Å². The first-order valence-corrected chi connectivity index (χ1v) is 4.17. The second-order valence-corrected chi connectivity index (χ2v) is 2.93. The van der Waals surface area contributed by atoms with Crippen molar-refractivity contribution in [3.8, 4) is 5.75 Å². The summed E-state index contributed by atoms with van der Waals surface area (Å²) in [5.74, 6) is -1.29. The molecule has 0 bridgehead atoms. The van der Waals surface area contributed by atoms with E-state index in [2.05, 4.69) is 9.72 Å². The number of hydrogen-bond acceptors (Lipinski definition) is 3. The molecule has 7 heteroatoms. The van der Waals surface area contributed by atoms with E-state index in [0.29, 0.717) is 0 Å². The molecule has 0 atom stereocenters. The van der Waals surface area contributed by atoms with Gasteiger partial charge in [0.15, 0.2) is 0 Å². The van der Waals surface area contributed by atoms with E-state index in [-0.39, 0.29) is 10.9 Å². The van der Waals surface area contributed by atoms with Crippen LogP contribution in [0.25, 0.3) is 0 Å². The number of hydrogen-bond donors (Lipinski definition) is 1. The third-order valence-corrected chi connectivity index (χ3v) is 2.01. The molecule has 15 heavy (non-hydrogen) atoms. The van der Waals surface area contributed by atoms with Gasteiger partial charge in [0.1, 0.15) is 10.9 Å². The molecule has 4 nitrogen and oxygen atoms in total. The number of ether oxygens (including phenoxy) is 1. The fraction of sp³-hybridized carbons (Fsp3) is 0.250. The van der Waals surface area contributed by atoms with E-state index in [4.69, 9.17) is 17.3 Å².